The first-order valence-corrected chi connectivity index (χ1v) is 4.65. The van der Waals surface area contributed by atoms with Gasteiger partial charge in [-0.1, -0.05) is 0 Å². The third-order valence-corrected chi connectivity index (χ3v) is 2.24. The lowest BCUT2D eigenvalue weighted by Gasteiger charge is -2.25. The lowest BCUT2D eigenvalue weighted by atomic mass is 9.91. The maximum absolute atomic E-state index is 12.8. The topological polar surface area (TPSA) is 46.2 Å². The second-order valence-corrected chi connectivity index (χ2v) is 3.57. The van der Waals surface area contributed by atoms with Gasteiger partial charge in [0, 0.05) is 12.1 Å². The molecular weight excluding hydrogens is 245 g/mol. The molecule has 1 aromatic rings. The van der Waals surface area contributed by atoms with Crippen LogP contribution in [-0.2, 0) is 0 Å². The predicted octanol–water partition coefficient (Wildman–Crippen LogP) is 1.93. The van der Waals surface area contributed by atoms with Crippen LogP contribution in [0.4, 0.5) is 22.0 Å². The Morgan fingerprint density at radius 2 is 1.59 bits per heavy atom. The first-order valence-electron chi connectivity index (χ1n) is 4.65. The van der Waals surface area contributed by atoms with Crippen molar-refractivity contribution in [1.29, 1.82) is 0 Å². The van der Waals surface area contributed by atoms with Gasteiger partial charge in [-0.25, -0.2) is 8.78 Å². The number of aliphatic hydroxyl groups is 1. The van der Waals surface area contributed by atoms with Gasteiger partial charge >= 0.3 is 6.18 Å². The number of hydrogen-bond acceptors (Lipinski definition) is 2. The molecule has 0 radical (unpaired) electrons. The van der Waals surface area contributed by atoms with Gasteiger partial charge in [-0.3, -0.25) is 0 Å². The lowest BCUT2D eigenvalue weighted by Crippen LogP contribution is -2.40. The molecule has 0 aliphatic carbocycles. The van der Waals surface area contributed by atoms with E-state index in [9.17, 15) is 22.0 Å². The summed E-state index contributed by atoms with van der Waals surface area (Å²) in [5.74, 6) is -4.56. The van der Waals surface area contributed by atoms with E-state index in [1.165, 1.54) is 0 Å². The Balaban J connectivity index is 3.22. The van der Waals surface area contributed by atoms with Gasteiger partial charge in [0.1, 0.15) is 11.6 Å². The summed E-state index contributed by atoms with van der Waals surface area (Å²) in [6.07, 6.45) is -4.79. The maximum atomic E-state index is 12.8. The summed E-state index contributed by atoms with van der Waals surface area (Å²) in [6.45, 7) is -0.942. The van der Waals surface area contributed by atoms with Crippen molar-refractivity contribution in [2.45, 2.75) is 18.1 Å². The highest BCUT2D eigenvalue weighted by Gasteiger charge is 2.44. The second-order valence-electron chi connectivity index (χ2n) is 3.57. The zero-order valence-electron chi connectivity index (χ0n) is 8.51. The van der Waals surface area contributed by atoms with Crippen molar-refractivity contribution in [2.75, 3.05) is 6.61 Å². The standard InChI is InChI=1S/C10H10F5NO/c11-6-1-5(2-7(12)3-6)9(8(16)4-17)10(13,14)15/h1-3,8-9,17H,4,16H2. The number of alkyl halides is 3. The molecule has 0 saturated carbocycles. The summed E-state index contributed by atoms with van der Waals surface area (Å²) in [6, 6.07) is -0.106. The molecule has 2 nitrogen and oxygen atoms in total. The van der Waals surface area contributed by atoms with Crippen LogP contribution in [0.1, 0.15) is 11.5 Å². The molecule has 7 heteroatoms. The normalized spacial score (nSPS) is 15.7. The van der Waals surface area contributed by atoms with Gasteiger partial charge < -0.3 is 10.8 Å². The Bertz CT molecular complexity index is 373. The van der Waals surface area contributed by atoms with Crippen LogP contribution in [0.5, 0.6) is 0 Å². The summed E-state index contributed by atoms with van der Waals surface area (Å²) in [7, 11) is 0. The first kappa shape index (κ1) is 13.9. The molecule has 0 amide bonds. The third-order valence-electron chi connectivity index (χ3n) is 2.24. The van der Waals surface area contributed by atoms with Crippen molar-refractivity contribution >= 4 is 0 Å². The molecule has 0 aromatic heterocycles. The molecule has 96 valence electrons. The minimum atomic E-state index is -4.79. The van der Waals surface area contributed by atoms with E-state index in [1.807, 2.05) is 0 Å². The van der Waals surface area contributed by atoms with Crippen LogP contribution in [0, 0.1) is 11.6 Å². The summed E-state index contributed by atoms with van der Waals surface area (Å²) in [4.78, 5) is 0. The van der Waals surface area contributed by atoms with E-state index >= 15 is 0 Å². The van der Waals surface area contributed by atoms with Gasteiger partial charge in [-0.15, -0.1) is 0 Å². The zero-order chi connectivity index (χ0) is 13.2. The van der Waals surface area contributed by atoms with Gasteiger partial charge in [-0.2, -0.15) is 13.2 Å². The van der Waals surface area contributed by atoms with Crippen LogP contribution in [0.15, 0.2) is 18.2 Å². The lowest BCUT2D eigenvalue weighted by molar-refractivity contribution is -0.157. The smallest absolute Gasteiger partial charge is 0.395 e. The van der Waals surface area contributed by atoms with E-state index in [4.69, 9.17) is 10.8 Å². The summed E-state index contributed by atoms with van der Waals surface area (Å²) >= 11 is 0. The fraction of sp³-hybridized carbons (Fsp3) is 0.400. The van der Waals surface area contributed by atoms with Crippen molar-refractivity contribution in [3.8, 4) is 0 Å². The summed E-state index contributed by atoms with van der Waals surface area (Å²) < 4.78 is 63.7. The van der Waals surface area contributed by atoms with Crippen LogP contribution in [0.3, 0.4) is 0 Å². The number of nitrogens with two attached hydrogens (primary N) is 1. The minimum absolute atomic E-state index is 0.460. The fourth-order valence-electron chi connectivity index (χ4n) is 1.54. The average molecular weight is 255 g/mol. The first-order chi connectivity index (χ1) is 7.75. The Morgan fingerprint density at radius 1 is 1.12 bits per heavy atom. The van der Waals surface area contributed by atoms with E-state index < -0.39 is 41.9 Å². The zero-order valence-corrected chi connectivity index (χ0v) is 8.51. The van der Waals surface area contributed by atoms with Crippen molar-refractivity contribution < 1.29 is 27.1 Å². The Hall–Kier alpha value is -1.21. The largest absolute Gasteiger partial charge is 0.397 e. The van der Waals surface area contributed by atoms with Gasteiger partial charge in [-0.05, 0) is 17.7 Å². The van der Waals surface area contributed by atoms with E-state index in [-0.39, 0.29) is 0 Å². The molecule has 0 bridgehead atoms. The number of halogens is 5. The average Bonchev–Trinajstić information content (AvgIpc) is 2.13. The highest BCUT2D eigenvalue weighted by Crippen LogP contribution is 2.37. The molecule has 3 N–H and O–H groups in total. The van der Waals surface area contributed by atoms with Gasteiger partial charge in [0.25, 0.3) is 0 Å². The van der Waals surface area contributed by atoms with Crippen LogP contribution in [0.25, 0.3) is 0 Å². The second kappa shape index (κ2) is 4.97. The molecule has 0 aliphatic rings. The van der Waals surface area contributed by atoms with Gasteiger partial charge in [0.2, 0.25) is 0 Å². The number of benzene rings is 1. The van der Waals surface area contributed by atoms with E-state index in [2.05, 4.69) is 0 Å². The molecule has 0 spiro atoms. The monoisotopic (exact) mass is 255 g/mol. The van der Waals surface area contributed by atoms with E-state index in [0.29, 0.717) is 18.2 Å². The van der Waals surface area contributed by atoms with Crippen molar-refractivity contribution in [1.82, 2.24) is 0 Å². The molecule has 1 aromatic carbocycles. The fourth-order valence-corrected chi connectivity index (χ4v) is 1.54. The molecule has 0 saturated heterocycles. The molecule has 0 aliphatic heterocycles. The molecule has 1 rings (SSSR count). The quantitative estimate of drug-likeness (QED) is 0.811. The van der Waals surface area contributed by atoms with Crippen molar-refractivity contribution in [3.63, 3.8) is 0 Å². The summed E-state index contributed by atoms with van der Waals surface area (Å²) in [5.41, 5.74) is 4.48. The molecule has 2 atom stereocenters. The SMILES string of the molecule is NC(CO)C(c1cc(F)cc(F)c1)C(F)(F)F. The number of aliphatic hydroxyl groups excluding tert-OH is 1. The summed E-state index contributed by atoms with van der Waals surface area (Å²) in [5, 5.41) is 8.66. The molecule has 0 fully saturated rings. The highest BCUT2D eigenvalue weighted by atomic mass is 19.4. The number of rotatable bonds is 3. The predicted molar refractivity (Wildman–Crippen MR) is 50.2 cm³/mol. The van der Waals surface area contributed by atoms with Crippen molar-refractivity contribution in [2.24, 2.45) is 5.73 Å². The Morgan fingerprint density at radius 3 is 1.94 bits per heavy atom. The minimum Gasteiger partial charge on any atom is -0.395 e. The van der Waals surface area contributed by atoms with E-state index in [1.54, 1.807) is 0 Å². The van der Waals surface area contributed by atoms with Crippen LogP contribution in [0.2, 0.25) is 0 Å². The van der Waals surface area contributed by atoms with Crippen molar-refractivity contribution in [3.05, 3.63) is 35.4 Å². The van der Waals surface area contributed by atoms with Gasteiger partial charge in [0.15, 0.2) is 0 Å². The maximum Gasteiger partial charge on any atom is 0.397 e. The van der Waals surface area contributed by atoms with Gasteiger partial charge in [0.05, 0.1) is 12.5 Å². The van der Waals surface area contributed by atoms with Crippen LogP contribution >= 0.6 is 0 Å². The van der Waals surface area contributed by atoms with E-state index in [0.717, 1.165) is 0 Å². The van der Waals surface area contributed by atoms with Crippen LogP contribution in [-0.4, -0.2) is 23.9 Å². The van der Waals surface area contributed by atoms with Crippen LogP contribution < -0.4 is 5.73 Å². The Labute approximate surface area is 93.9 Å². The Kier molecular flexibility index (Phi) is 4.05. The third kappa shape index (κ3) is 3.37. The molecule has 0 heterocycles. The highest BCUT2D eigenvalue weighted by molar-refractivity contribution is 5.25. The molecular formula is C10H10F5NO. The number of hydrogen-bond donors (Lipinski definition) is 2. The molecule has 2 unspecified atom stereocenters. The molecule has 17 heavy (non-hydrogen) atoms.